The molecule has 5 heteroatoms. The third-order valence-electron chi connectivity index (χ3n) is 3.35. The normalized spacial score (nSPS) is 16.1. The summed E-state index contributed by atoms with van der Waals surface area (Å²) >= 11 is 1.99. The van der Waals surface area contributed by atoms with Crippen LogP contribution >= 0.6 is 11.8 Å². The van der Waals surface area contributed by atoms with Crippen LogP contribution in [-0.4, -0.2) is 34.5 Å². The van der Waals surface area contributed by atoms with E-state index in [9.17, 15) is 0 Å². The van der Waals surface area contributed by atoms with E-state index >= 15 is 0 Å². The lowest BCUT2D eigenvalue weighted by atomic mass is 10.2. The largest absolute Gasteiger partial charge is 0.494 e. The second kappa shape index (κ2) is 6.22. The lowest BCUT2D eigenvalue weighted by molar-refractivity contribution is 0.183. The van der Waals surface area contributed by atoms with Gasteiger partial charge in [-0.3, -0.25) is 0 Å². The maximum atomic E-state index is 5.94. The van der Waals surface area contributed by atoms with Crippen LogP contribution < -0.4 is 9.47 Å². The molecule has 3 rings (SSSR count). The highest BCUT2D eigenvalue weighted by Gasteiger charge is 2.16. The summed E-state index contributed by atoms with van der Waals surface area (Å²) in [7, 11) is 1.67. The molecular weight excluding hydrogens is 272 g/mol. The van der Waals surface area contributed by atoms with Gasteiger partial charge in [-0.05, 0) is 36.5 Å². The van der Waals surface area contributed by atoms with Crippen molar-refractivity contribution in [2.75, 3.05) is 18.6 Å². The number of nitrogens with zero attached hydrogens (tertiary/aromatic N) is 2. The smallest absolute Gasteiger partial charge is 0.233 e. The third-order valence-corrected chi connectivity index (χ3v) is 4.40. The van der Waals surface area contributed by atoms with Crippen molar-refractivity contribution < 1.29 is 9.47 Å². The molecule has 0 N–H and O–H groups in total. The van der Waals surface area contributed by atoms with Crippen LogP contribution in [0.3, 0.4) is 0 Å². The van der Waals surface area contributed by atoms with E-state index in [0.29, 0.717) is 12.0 Å². The molecule has 0 radical (unpaired) electrons. The fourth-order valence-corrected chi connectivity index (χ4v) is 3.35. The number of thioether (sulfide) groups is 1. The summed E-state index contributed by atoms with van der Waals surface area (Å²) in [5.74, 6) is 3.85. The van der Waals surface area contributed by atoms with Crippen molar-refractivity contribution >= 4 is 11.8 Å². The van der Waals surface area contributed by atoms with Crippen molar-refractivity contribution in [1.82, 2.24) is 9.78 Å². The van der Waals surface area contributed by atoms with E-state index in [1.807, 2.05) is 48.3 Å². The van der Waals surface area contributed by atoms with Gasteiger partial charge in [0.05, 0.1) is 7.11 Å². The van der Waals surface area contributed by atoms with Crippen LogP contribution in [-0.2, 0) is 0 Å². The predicted molar refractivity (Wildman–Crippen MR) is 81.1 cm³/mol. The van der Waals surface area contributed by atoms with Gasteiger partial charge in [0.2, 0.25) is 5.88 Å². The zero-order valence-corrected chi connectivity index (χ0v) is 12.3. The van der Waals surface area contributed by atoms with Crippen molar-refractivity contribution in [1.29, 1.82) is 0 Å². The molecule has 1 aromatic heterocycles. The number of ether oxygens (including phenoxy) is 2. The summed E-state index contributed by atoms with van der Waals surface area (Å²) in [5, 5.41) is 4.49. The first-order chi connectivity index (χ1) is 9.86. The van der Waals surface area contributed by atoms with Gasteiger partial charge in [0.1, 0.15) is 17.5 Å². The molecule has 0 aliphatic carbocycles. The Kier molecular flexibility index (Phi) is 4.16. The minimum atomic E-state index is 0.303. The molecule has 106 valence electrons. The predicted octanol–water partition coefficient (Wildman–Crippen LogP) is 3.16. The molecule has 0 bridgehead atoms. The van der Waals surface area contributed by atoms with Crippen molar-refractivity contribution in [3.8, 4) is 17.3 Å². The number of rotatable bonds is 4. The van der Waals surface area contributed by atoms with Gasteiger partial charge in [0.15, 0.2) is 0 Å². The van der Waals surface area contributed by atoms with E-state index in [1.165, 1.54) is 11.5 Å². The minimum absolute atomic E-state index is 0.303. The van der Waals surface area contributed by atoms with E-state index in [4.69, 9.17) is 9.47 Å². The minimum Gasteiger partial charge on any atom is -0.494 e. The number of hydrogen-bond acceptors (Lipinski definition) is 4. The fourth-order valence-electron chi connectivity index (χ4n) is 2.29. The van der Waals surface area contributed by atoms with Crippen LogP contribution in [0.1, 0.15) is 12.8 Å². The second-order valence-electron chi connectivity index (χ2n) is 4.70. The first-order valence-corrected chi connectivity index (χ1v) is 7.96. The summed E-state index contributed by atoms with van der Waals surface area (Å²) in [4.78, 5) is 0. The lowest BCUT2D eigenvalue weighted by Gasteiger charge is -2.21. The highest BCUT2D eigenvalue weighted by atomic mass is 32.2. The Morgan fingerprint density at radius 3 is 2.80 bits per heavy atom. The van der Waals surface area contributed by atoms with Gasteiger partial charge in [-0.2, -0.15) is 11.8 Å². The van der Waals surface area contributed by atoms with Gasteiger partial charge in [-0.1, -0.05) is 12.1 Å². The first kappa shape index (κ1) is 13.4. The molecule has 0 unspecified atom stereocenters. The van der Waals surface area contributed by atoms with Crippen LogP contribution in [0.25, 0.3) is 5.69 Å². The molecule has 2 aromatic rings. The Morgan fingerprint density at radius 1 is 1.20 bits per heavy atom. The molecule has 2 heterocycles. The summed E-state index contributed by atoms with van der Waals surface area (Å²) in [5.41, 5.74) is 0.920. The SMILES string of the molecule is COc1ccccc1-n1ccc(OC2CCSCC2)n1. The molecule has 1 saturated heterocycles. The van der Waals surface area contributed by atoms with Crippen LogP contribution in [0.2, 0.25) is 0 Å². The average Bonchev–Trinajstić information content (AvgIpc) is 2.96. The van der Waals surface area contributed by atoms with Crippen molar-refractivity contribution in [3.05, 3.63) is 36.5 Å². The molecule has 0 spiro atoms. The van der Waals surface area contributed by atoms with E-state index in [0.717, 1.165) is 24.3 Å². The standard InChI is InChI=1S/C15H18N2O2S/c1-18-14-5-3-2-4-13(14)17-9-6-15(16-17)19-12-7-10-20-11-8-12/h2-6,9,12H,7-8,10-11H2,1H3. The first-order valence-electron chi connectivity index (χ1n) is 6.80. The molecule has 0 amide bonds. The Balaban J connectivity index is 1.75. The van der Waals surface area contributed by atoms with E-state index in [2.05, 4.69) is 5.10 Å². The quantitative estimate of drug-likeness (QED) is 0.866. The molecule has 4 nitrogen and oxygen atoms in total. The number of aromatic nitrogens is 2. The van der Waals surface area contributed by atoms with Gasteiger partial charge in [0, 0.05) is 12.3 Å². The lowest BCUT2D eigenvalue weighted by Crippen LogP contribution is -2.22. The van der Waals surface area contributed by atoms with Crippen LogP contribution in [0.4, 0.5) is 0 Å². The number of para-hydroxylation sites is 2. The van der Waals surface area contributed by atoms with Crippen LogP contribution in [0.5, 0.6) is 11.6 Å². The third kappa shape index (κ3) is 2.93. The summed E-state index contributed by atoms with van der Waals surface area (Å²) in [6.45, 7) is 0. The van der Waals surface area contributed by atoms with Gasteiger partial charge >= 0.3 is 0 Å². The van der Waals surface area contributed by atoms with E-state index in [1.54, 1.807) is 11.8 Å². The van der Waals surface area contributed by atoms with Gasteiger partial charge in [-0.25, -0.2) is 4.68 Å². The molecule has 1 fully saturated rings. The Hall–Kier alpha value is -1.62. The number of benzene rings is 1. The molecule has 1 aromatic carbocycles. The Morgan fingerprint density at radius 2 is 2.00 bits per heavy atom. The maximum Gasteiger partial charge on any atom is 0.233 e. The average molecular weight is 290 g/mol. The van der Waals surface area contributed by atoms with E-state index in [-0.39, 0.29) is 0 Å². The molecule has 0 saturated carbocycles. The summed E-state index contributed by atoms with van der Waals surface area (Å²) in [6.07, 6.45) is 4.42. The monoisotopic (exact) mass is 290 g/mol. The maximum absolute atomic E-state index is 5.94. The van der Waals surface area contributed by atoms with E-state index < -0.39 is 0 Å². The van der Waals surface area contributed by atoms with Crippen LogP contribution in [0.15, 0.2) is 36.5 Å². The van der Waals surface area contributed by atoms with Gasteiger partial charge < -0.3 is 9.47 Å². The molecule has 1 aliphatic heterocycles. The van der Waals surface area contributed by atoms with Gasteiger partial charge in [0.25, 0.3) is 0 Å². The topological polar surface area (TPSA) is 36.3 Å². The number of methoxy groups -OCH3 is 1. The Labute approximate surface area is 123 Å². The molecule has 0 atom stereocenters. The zero-order chi connectivity index (χ0) is 13.8. The second-order valence-corrected chi connectivity index (χ2v) is 5.92. The molecule has 1 aliphatic rings. The highest BCUT2D eigenvalue weighted by molar-refractivity contribution is 7.99. The molecule has 20 heavy (non-hydrogen) atoms. The van der Waals surface area contributed by atoms with Crippen LogP contribution in [0, 0.1) is 0 Å². The highest BCUT2D eigenvalue weighted by Crippen LogP contribution is 2.25. The zero-order valence-electron chi connectivity index (χ0n) is 11.5. The van der Waals surface area contributed by atoms with Crippen molar-refractivity contribution in [3.63, 3.8) is 0 Å². The number of hydrogen-bond donors (Lipinski definition) is 0. The molecular formula is C15H18N2O2S. The van der Waals surface area contributed by atoms with Crippen molar-refractivity contribution in [2.24, 2.45) is 0 Å². The van der Waals surface area contributed by atoms with Crippen molar-refractivity contribution in [2.45, 2.75) is 18.9 Å². The summed E-state index contributed by atoms with van der Waals surface area (Å²) in [6, 6.07) is 9.73. The Bertz CT molecular complexity index is 565. The summed E-state index contributed by atoms with van der Waals surface area (Å²) < 4.78 is 13.1. The fraction of sp³-hybridized carbons (Fsp3) is 0.400. The van der Waals surface area contributed by atoms with Gasteiger partial charge in [-0.15, -0.1) is 5.10 Å².